The molecule has 0 saturated heterocycles. The van der Waals surface area contributed by atoms with E-state index in [1.54, 1.807) is 0 Å². The van der Waals surface area contributed by atoms with E-state index in [1.807, 2.05) is 0 Å². The fraction of sp³-hybridized carbons (Fsp3) is 0.400. The fourth-order valence-corrected chi connectivity index (χ4v) is 3.09. The molecule has 1 aromatic rings. The smallest absolute Gasteiger partial charge is 0.275 e. The Morgan fingerprint density at radius 2 is 2.38 bits per heavy atom. The standard InChI is InChI=1S/C5H7ClN2O3S2/c1-2-8(9)13(10,11)4-3-7-5(6)12-4/h3,9H,2H2,1H3. The number of rotatable bonds is 3. The maximum Gasteiger partial charge on any atom is 0.275 e. The molecule has 0 atom stereocenters. The van der Waals surface area contributed by atoms with Gasteiger partial charge in [-0.25, -0.2) is 13.4 Å². The Bertz CT molecular complexity index is 388. The predicted molar refractivity (Wildman–Crippen MR) is 48.5 cm³/mol. The number of halogens is 1. The van der Waals surface area contributed by atoms with Crippen LogP contribution in [0.1, 0.15) is 6.92 Å². The van der Waals surface area contributed by atoms with E-state index in [0.717, 1.165) is 17.5 Å². The summed E-state index contributed by atoms with van der Waals surface area (Å²) in [7, 11) is -3.81. The molecule has 0 spiro atoms. The number of nitrogens with zero attached hydrogens (tertiary/aromatic N) is 2. The van der Waals surface area contributed by atoms with Crippen LogP contribution in [-0.4, -0.2) is 29.6 Å². The topological polar surface area (TPSA) is 70.5 Å². The van der Waals surface area contributed by atoms with Gasteiger partial charge in [0.2, 0.25) is 0 Å². The molecule has 1 heterocycles. The molecule has 0 radical (unpaired) electrons. The molecule has 0 bridgehead atoms. The molecule has 0 aliphatic rings. The van der Waals surface area contributed by atoms with E-state index >= 15 is 0 Å². The Labute approximate surface area is 84.6 Å². The molecule has 0 aliphatic carbocycles. The minimum Gasteiger partial charge on any atom is -0.299 e. The van der Waals surface area contributed by atoms with Crippen LogP contribution in [0.2, 0.25) is 4.47 Å². The van der Waals surface area contributed by atoms with Gasteiger partial charge in [-0.2, -0.15) is 0 Å². The summed E-state index contributed by atoms with van der Waals surface area (Å²) in [5.74, 6) is 0. The highest BCUT2D eigenvalue weighted by Crippen LogP contribution is 2.24. The Kier molecular flexibility index (Phi) is 3.25. The van der Waals surface area contributed by atoms with Crippen molar-refractivity contribution in [3.05, 3.63) is 10.7 Å². The average molecular weight is 243 g/mol. The van der Waals surface area contributed by atoms with Gasteiger partial charge >= 0.3 is 0 Å². The van der Waals surface area contributed by atoms with Crippen molar-refractivity contribution in [1.29, 1.82) is 0 Å². The van der Waals surface area contributed by atoms with Crippen LogP contribution in [0, 0.1) is 0 Å². The van der Waals surface area contributed by atoms with Gasteiger partial charge < -0.3 is 0 Å². The molecule has 8 heteroatoms. The number of hydrogen-bond donors (Lipinski definition) is 1. The quantitative estimate of drug-likeness (QED) is 0.809. The van der Waals surface area contributed by atoms with Gasteiger partial charge in [0.05, 0.1) is 6.20 Å². The molecule has 0 unspecified atom stereocenters. The molecule has 74 valence electrons. The van der Waals surface area contributed by atoms with Gasteiger partial charge in [-0.3, -0.25) is 5.21 Å². The normalized spacial score (nSPS) is 12.3. The summed E-state index contributed by atoms with van der Waals surface area (Å²) in [6.07, 6.45) is 1.11. The highest BCUT2D eigenvalue weighted by molar-refractivity contribution is 7.91. The molecular weight excluding hydrogens is 236 g/mol. The number of hydroxylamine groups is 1. The third-order valence-corrected chi connectivity index (χ3v) is 4.48. The van der Waals surface area contributed by atoms with Crippen LogP contribution in [0.25, 0.3) is 0 Å². The SMILES string of the molecule is CCN(O)S(=O)(=O)c1cnc(Cl)s1. The van der Waals surface area contributed by atoms with E-state index in [0.29, 0.717) is 0 Å². The van der Waals surface area contributed by atoms with E-state index in [1.165, 1.54) is 6.92 Å². The third kappa shape index (κ3) is 2.18. The van der Waals surface area contributed by atoms with Crippen molar-refractivity contribution >= 4 is 33.0 Å². The lowest BCUT2D eigenvalue weighted by Crippen LogP contribution is -2.26. The highest BCUT2D eigenvalue weighted by Gasteiger charge is 2.23. The first-order valence-corrected chi connectivity index (χ1v) is 5.95. The molecule has 0 fully saturated rings. The monoisotopic (exact) mass is 242 g/mol. The largest absolute Gasteiger partial charge is 0.299 e. The van der Waals surface area contributed by atoms with E-state index in [4.69, 9.17) is 16.8 Å². The minimum atomic E-state index is -3.81. The van der Waals surface area contributed by atoms with Crippen molar-refractivity contribution in [2.24, 2.45) is 0 Å². The molecule has 0 saturated carbocycles. The summed E-state index contributed by atoms with van der Waals surface area (Å²) < 4.78 is 23.0. The zero-order valence-corrected chi connectivity index (χ0v) is 9.03. The summed E-state index contributed by atoms with van der Waals surface area (Å²) in [6.45, 7) is 1.50. The maximum atomic E-state index is 11.4. The molecular formula is C5H7ClN2O3S2. The summed E-state index contributed by atoms with van der Waals surface area (Å²) in [6, 6.07) is 0. The van der Waals surface area contributed by atoms with Crippen LogP contribution < -0.4 is 0 Å². The van der Waals surface area contributed by atoms with Crippen molar-refractivity contribution in [2.45, 2.75) is 11.1 Å². The first kappa shape index (κ1) is 10.9. The Morgan fingerprint density at radius 1 is 1.77 bits per heavy atom. The lowest BCUT2D eigenvalue weighted by molar-refractivity contribution is 0.00881. The van der Waals surface area contributed by atoms with Crippen molar-refractivity contribution < 1.29 is 13.6 Å². The molecule has 0 amide bonds. The molecule has 1 rings (SSSR count). The van der Waals surface area contributed by atoms with E-state index in [9.17, 15) is 8.42 Å². The molecule has 0 aliphatic heterocycles. The van der Waals surface area contributed by atoms with Crippen molar-refractivity contribution in [3.63, 3.8) is 0 Å². The van der Waals surface area contributed by atoms with Crippen LogP contribution in [0.15, 0.2) is 10.4 Å². The van der Waals surface area contributed by atoms with Crippen LogP contribution >= 0.6 is 22.9 Å². The summed E-state index contributed by atoms with van der Waals surface area (Å²) >= 11 is 6.26. The van der Waals surface area contributed by atoms with Gasteiger partial charge in [-0.1, -0.05) is 27.4 Å². The zero-order chi connectivity index (χ0) is 10.1. The second-order valence-corrected chi connectivity index (χ2v) is 5.76. The fourth-order valence-electron chi connectivity index (χ4n) is 0.632. The van der Waals surface area contributed by atoms with Crippen molar-refractivity contribution in [3.8, 4) is 0 Å². The summed E-state index contributed by atoms with van der Waals surface area (Å²) in [5, 5.41) is 9.03. The first-order valence-electron chi connectivity index (χ1n) is 3.31. The second kappa shape index (κ2) is 3.89. The van der Waals surface area contributed by atoms with E-state index in [-0.39, 0.29) is 19.7 Å². The number of hydrogen-bond acceptors (Lipinski definition) is 5. The number of thiazole rings is 1. The average Bonchev–Trinajstić information content (AvgIpc) is 2.50. The summed E-state index contributed by atoms with van der Waals surface area (Å²) in [5.41, 5.74) is 0. The van der Waals surface area contributed by atoms with E-state index < -0.39 is 10.0 Å². The molecule has 13 heavy (non-hydrogen) atoms. The van der Waals surface area contributed by atoms with Crippen LogP contribution in [0.3, 0.4) is 0 Å². The first-order chi connectivity index (χ1) is 5.98. The van der Waals surface area contributed by atoms with Gasteiger partial charge in [-0.05, 0) is 6.92 Å². The van der Waals surface area contributed by atoms with Crippen LogP contribution in [-0.2, 0) is 10.0 Å². The van der Waals surface area contributed by atoms with Gasteiger partial charge in [0.15, 0.2) is 8.68 Å². The lowest BCUT2D eigenvalue weighted by Gasteiger charge is -2.09. The Hall–Kier alpha value is -0.210. The second-order valence-electron chi connectivity index (χ2n) is 2.08. The van der Waals surface area contributed by atoms with Crippen molar-refractivity contribution in [2.75, 3.05) is 6.54 Å². The van der Waals surface area contributed by atoms with Crippen molar-refractivity contribution in [1.82, 2.24) is 9.45 Å². The van der Waals surface area contributed by atoms with Gasteiger partial charge in [0.1, 0.15) is 0 Å². The third-order valence-electron chi connectivity index (χ3n) is 1.26. The molecule has 1 aromatic heterocycles. The lowest BCUT2D eigenvalue weighted by atomic mass is 10.8. The Balaban J connectivity index is 3.08. The predicted octanol–water partition coefficient (Wildman–Crippen LogP) is 1.20. The molecule has 5 nitrogen and oxygen atoms in total. The van der Waals surface area contributed by atoms with Crippen LogP contribution in [0.5, 0.6) is 0 Å². The highest BCUT2D eigenvalue weighted by atomic mass is 35.5. The number of sulfonamides is 1. The zero-order valence-electron chi connectivity index (χ0n) is 6.64. The number of aromatic nitrogens is 1. The van der Waals surface area contributed by atoms with Gasteiger partial charge in [-0.15, -0.1) is 0 Å². The van der Waals surface area contributed by atoms with E-state index in [2.05, 4.69) is 4.98 Å². The summed E-state index contributed by atoms with van der Waals surface area (Å²) in [4.78, 5) is 3.57. The Morgan fingerprint density at radius 3 is 2.77 bits per heavy atom. The van der Waals surface area contributed by atoms with Gasteiger partial charge in [0, 0.05) is 6.54 Å². The maximum absolute atomic E-state index is 11.4. The molecule has 1 N–H and O–H groups in total. The van der Waals surface area contributed by atoms with Gasteiger partial charge in [0.25, 0.3) is 10.0 Å². The molecule has 0 aromatic carbocycles. The minimum absolute atomic E-state index is 0.0160. The van der Waals surface area contributed by atoms with Crippen LogP contribution in [0.4, 0.5) is 0 Å².